The summed E-state index contributed by atoms with van der Waals surface area (Å²) in [4.78, 5) is 12.2. The lowest BCUT2D eigenvalue weighted by Crippen LogP contribution is -2.29. The Morgan fingerprint density at radius 3 is 3.10 bits per heavy atom. The second kappa shape index (κ2) is 3.56. The Balaban J connectivity index is 2.34. The van der Waals surface area contributed by atoms with E-state index in [1.165, 1.54) is 0 Å². The number of hydrogen-bond donors (Lipinski definition) is 1. The highest BCUT2D eigenvalue weighted by Gasteiger charge is 2.21. The van der Waals surface area contributed by atoms with Gasteiger partial charge in [0.05, 0.1) is 0 Å². The van der Waals surface area contributed by atoms with Gasteiger partial charge in [0.1, 0.15) is 0 Å². The molecule has 0 spiro atoms. The van der Waals surface area contributed by atoms with Crippen LogP contribution < -0.4 is 5.73 Å². The molecule has 1 aliphatic heterocycles. The normalized spacial score (nSPS) is 25.3. The first-order chi connectivity index (χ1) is 4.88. The van der Waals surface area contributed by atoms with Crippen molar-refractivity contribution >= 4 is 6.41 Å². The summed E-state index contributed by atoms with van der Waals surface area (Å²) in [6.45, 7) is 1.61. The molecule has 2 N–H and O–H groups in total. The molecule has 0 radical (unpaired) electrons. The lowest BCUT2D eigenvalue weighted by atomic mass is 10.1. The number of carbonyl (C=O) groups is 1. The van der Waals surface area contributed by atoms with Crippen molar-refractivity contribution in [3.05, 3.63) is 0 Å². The summed E-state index contributed by atoms with van der Waals surface area (Å²) < 4.78 is 0. The van der Waals surface area contributed by atoms with Crippen LogP contribution in [0.3, 0.4) is 0 Å². The van der Waals surface area contributed by atoms with E-state index in [0.29, 0.717) is 12.6 Å². The minimum atomic E-state index is 0.433. The van der Waals surface area contributed by atoms with Crippen LogP contribution in [0, 0.1) is 0 Å². The molecule has 58 valence electrons. The molecular weight excluding hydrogens is 128 g/mol. The Morgan fingerprint density at radius 1 is 1.70 bits per heavy atom. The van der Waals surface area contributed by atoms with Crippen molar-refractivity contribution in [1.82, 2.24) is 4.90 Å². The highest BCUT2D eigenvalue weighted by Crippen LogP contribution is 2.16. The number of nitrogens with zero attached hydrogens (tertiary/aromatic N) is 1. The average molecular weight is 142 g/mol. The second-order valence-electron chi connectivity index (χ2n) is 2.72. The van der Waals surface area contributed by atoms with E-state index in [-0.39, 0.29) is 0 Å². The van der Waals surface area contributed by atoms with Crippen molar-refractivity contribution in [2.75, 3.05) is 13.1 Å². The number of likely N-dealkylation sites (tertiary alicyclic amines) is 1. The average Bonchev–Trinajstić information content (AvgIpc) is 2.36. The van der Waals surface area contributed by atoms with Crippen molar-refractivity contribution in [3.63, 3.8) is 0 Å². The Bertz CT molecular complexity index is 116. The van der Waals surface area contributed by atoms with Gasteiger partial charge in [0.15, 0.2) is 0 Å². The topological polar surface area (TPSA) is 46.3 Å². The minimum Gasteiger partial charge on any atom is -0.342 e. The lowest BCUT2D eigenvalue weighted by molar-refractivity contribution is -0.118. The molecule has 1 heterocycles. The number of amides is 1. The number of carbonyl (C=O) groups excluding carboxylic acids is 1. The summed E-state index contributed by atoms with van der Waals surface area (Å²) in [5.41, 5.74) is 5.38. The van der Waals surface area contributed by atoms with Crippen LogP contribution in [0.2, 0.25) is 0 Å². The van der Waals surface area contributed by atoms with E-state index >= 15 is 0 Å². The van der Waals surface area contributed by atoms with Gasteiger partial charge in [-0.05, 0) is 25.8 Å². The standard InChI is InChI=1S/C7H14N2O/c8-4-3-7-2-1-5-9(7)6-10/h6-7H,1-5,8H2. The van der Waals surface area contributed by atoms with Crippen LogP contribution in [-0.4, -0.2) is 30.4 Å². The minimum absolute atomic E-state index is 0.433. The van der Waals surface area contributed by atoms with Crippen LogP contribution in [0.4, 0.5) is 0 Å². The van der Waals surface area contributed by atoms with Crippen molar-refractivity contribution in [2.24, 2.45) is 5.73 Å². The maximum Gasteiger partial charge on any atom is 0.209 e. The van der Waals surface area contributed by atoms with Gasteiger partial charge in [0, 0.05) is 12.6 Å². The summed E-state index contributed by atoms with van der Waals surface area (Å²) in [5, 5.41) is 0. The SMILES string of the molecule is NCCC1CCCN1C=O. The molecule has 0 aromatic heterocycles. The van der Waals surface area contributed by atoms with Gasteiger partial charge in [-0.15, -0.1) is 0 Å². The third-order valence-electron chi connectivity index (χ3n) is 2.06. The van der Waals surface area contributed by atoms with Crippen molar-refractivity contribution in [2.45, 2.75) is 25.3 Å². The van der Waals surface area contributed by atoms with Crippen LogP contribution in [0.1, 0.15) is 19.3 Å². The van der Waals surface area contributed by atoms with Crippen LogP contribution in [-0.2, 0) is 4.79 Å². The third kappa shape index (κ3) is 1.48. The molecule has 1 amide bonds. The zero-order valence-electron chi connectivity index (χ0n) is 6.12. The van der Waals surface area contributed by atoms with E-state index in [1.807, 2.05) is 4.90 Å². The Hall–Kier alpha value is -0.570. The predicted octanol–water partition coefficient (Wildman–Crippen LogP) is -0.0440. The first-order valence-electron chi connectivity index (χ1n) is 3.79. The molecule has 1 unspecified atom stereocenters. The van der Waals surface area contributed by atoms with E-state index in [0.717, 1.165) is 32.2 Å². The van der Waals surface area contributed by atoms with Crippen LogP contribution in [0.5, 0.6) is 0 Å². The van der Waals surface area contributed by atoms with E-state index in [2.05, 4.69) is 0 Å². The fraction of sp³-hybridized carbons (Fsp3) is 0.857. The van der Waals surface area contributed by atoms with Crippen molar-refractivity contribution in [3.8, 4) is 0 Å². The maximum atomic E-state index is 10.4. The summed E-state index contributed by atoms with van der Waals surface area (Å²) in [7, 11) is 0. The molecule has 1 rings (SSSR count). The zero-order valence-corrected chi connectivity index (χ0v) is 6.12. The van der Waals surface area contributed by atoms with E-state index in [1.54, 1.807) is 0 Å². The molecule has 1 fully saturated rings. The van der Waals surface area contributed by atoms with Crippen molar-refractivity contribution in [1.29, 1.82) is 0 Å². The van der Waals surface area contributed by atoms with Crippen molar-refractivity contribution < 1.29 is 4.79 Å². The van der Waals surface area contributed by atoms with Gasteiger partial charge in [-0.3, -0.25) is 4.79 Å². The highest BCUT2D eigenvalue weighted by atomic mass is 16.1. The molecule has 0 aliphatic carbocycles. The van der Waals surface area contributed by atoms with E-state index in [4.69, 9.17) is 5.73 Å². The lowest BCUT2D eigenvalue weighted by Gasteiger charge is -2.18. The van der Waals surface area contributed by atoms with Gasteiger partial charge < -0.3 is 10.6 Å². The van der Waals surface area contributed by atoms with Crippen LogP contribution in [0.15, 0.2) is 0 Å². The molecule has 3 heteroatoms. The van der Waals surface area contributed by atoms with E-state index in [9.17, 15) is 4.79 Å². The molecule has 0 aromatic carbocycles. The zero-order chi connectivity index (χ0) is 7.40. The summed E-state index contributed by atoms with van der Waals surface area (Å²) in [6.07, 6.45) is 4.17. The monoisotopic (exact) mass is 142 g/mol. The largest absolute Gasteiger partial charge is 0.342 e. The molecule has 1 saturated heterocycles. The first-order valence-corrected chi connectivity index (χ1v) is 3.79. The summed E-state index contributed by atoms with van der Waals surface area (Å²) in [5.74, 6) is 0. The Kier molecular flexibility index (Phi) is 2.68. The van der Waals surface area contributed by atoms with Gasteiger partial charge in [0.25, 0.3) is 0 Å². The molecule has 0 aromatic rings. The summed E-state index contributed by atoms with van der Waals surface area (Å²) >= 11 is 0. The smallest absolute Gasteiger partial charge is 0.209 e. The Morgan fingerprint density at radius 2 is 2.50 bits per heavy atom. The highest BCUT2D eigenvalue weighted by molar-refractivity contribution is 5.48. The molecule has 3 nitrogen and oxygen atoms in total. The quantitative estimate of drug-likeness (QED) is 0.562. The van der Waals surface area contributed by atoms with Gasteiger partial charge in [-0.1, -0.05) is 0 Å². The fourth-order valence-electron chi connectivity index (χ4n) is 1.50. The third-order valence-corrected chi connectivity index (χ3v) is 2.06. The first kappa shape index (κ1) is 7.54. The number of hydrogen-bond acceptors (Lipinski definition) is 2. The van der Waals surface area contributed by atoms with Gasteiger partial charge in [-0.25, -0.2) is 0 Å². The van der Waals surface area contributed by atoms with Crippen LogP contribution in [0.25, 0.3) is 0 Å². The van der Waals surface area contributed by atoms with Gasteiger partial charge >= 0.3 is 0 Å². The van der Waals surface area contributed by atoms with E-state index < -0.39 is 0 Å². The molecule has 1 aliphatic rings. The molecule has 10 heavy (non-hydrogen) atoms. The van der Waals surface area contributed by atoms with Gasteiger partial charge in [0.2, 0.25) is 6.41 Å². The molecule has 1 atom stereocenters. The molecular formula is C7H14N2O. The Labute approximate surface area is 61.2 Å². The predicted molar refractivity (Wildman–Crippen MR) is 39.5 cm³/mol. The fourth-order valence-corrected chi connectivity index (χ4v) is 1.50. The maximum absolute atomic E-state index is 10.4. The molecule has 0 bridgehead atoms. The number of nitrogens with two attached hydrogens (primary N) is 1. The summed E-state index contributed by atoms with van der Waals surface area (Å²) in [6, 6.07) is 0.433. The number of rotatable bonds is 3. The van der Waals surface area contributed by atoms with Gasteiger partial charge in [-0.2, -0.15) is 0 Å². The molecule has 0 saturated carbocycles. The van der Waals surface area contributed by atoms with Crippen LogP contribution >= 0.6 is 0 Å². The second-order valence-corrected chi connectivity index (χ2v) is 2.72.